The van der Waals surface area contributed by atoms with Crippen molar-refractivity contribution in [3.8, 4) is 0 Å². The van der Waals surface area contributed by atoms with Gasteiger partial charge in [-0.25, -0.2) is 4.98 Å². The Morgan fingerprint density at radius 1 is 1.18 bits per heavy atom. The maximum atomic E-state index is 4.48. The largest absolute Gasteiger partial charge is 0.263 e. The van der Waals surface area contributed by atoms with Crippen LogP contribution in [-0.2, 0) is 12.8 Å². The number of hydrogen-bond acceptors (Lipinski definition) is 2. The van der Waals surface area contributed by atoms with Crippen molar-refractivity contribution in [3.05, 3.63) is 46.5 Å². The second kappa shape index (κ2) is 5.13. The Labute approximate surface area is 102 Å². The molecule has 0 fully saturated rings. The minimum Gasteiger partial charge on any atom is -0.263 e. The van der Waals surface area contributed by atoms with Gasteiger partial charge in [0, 0.05) is 12.8 Å². The Bertz CT molecular complexity index is 500. The highest BCUT2D eigenvalue weighted by Crippen LogP contribution is 2.12. The van der Waals surface area contributed by atoms with Crippen LogP contribution in [0, 0.1) is 13.8 Å². The maximum Gasteiger partial charge on any atom is 0.150 e. The monoisotopic (exact) mass is 229 g/mol. The number of benzene rings is 1. The van der Waals surface area contributed by atoms with E-state index in [4.69, 9.17) is 0 Å². The third kappa shape index (κ3) is 2.93. The number of rotatable bonds is 4. The Morgan fingerprint density at radius 2 is 2.00 bits per heavy atom. The molecule has 1 aromatic carbocycles. The highest BCUT2D eigenvalue weighted by molar-refractivity contribution is 5.31. The summed E-state index contributed by atoms with van der Waals surface area (Å²) in [6, 6.07) is 6.54. The molecule has 0 aliphatic heterocycles. The summed E-state index contributed by atoms with van der Waals surface area (Å²) in [5.74, 6) is 1.88. The van der Waals surface area contributed by atoms with Gasteiger partial charge in [0.1, 0.15) is 5.82 Å². The Kier molecular flexibility index (Phi) is 3.57. The summed E-state index contributed by atoms with van der Waals surface area (Å²) >= 11 is 0. The predicted molar refractivity (Wildman–Crippen MR) is 69.1 cm³/mol. The third-order valence-corrected chi connectivity index (χ3v) is 2.99. The van der Waals surface area contributed by atoms with Gasteiger partial charge in [0.2, 0.25) is 0 Å². The van der Waals surface area contributed by atoms with Crippen LogP contribution in [0.1, 0.15) is 41.7 Å². The number of H-pyrrole nitrogens is 1. The summed E-state index contributed by atoms with van der Waals surface area (Å²) in [5, 5.41) is 7.22. The molecule has 0 saturated heterocycles. The van der Waals surface area contributed by atoms with Crippen LogP contribution in [0.25, 0.3) is 0 Å². The normalized spacial score (nSPS) is 10.8. The van der Waals surface area contributed by atoms with Crippen molar-refractivity contribution >= 4 is 0 Å². The molecule has 1 N–H and O–H groups in total. The maximum absolute atomic E-state index is 4.48. The van der Waals surface area contributed by atoms with E-state index in [1.54, 1.807) is 0 Å². The summed E-state index contributed by atoms with van der Waals surface area (Å²) in [5.41, 5.74) is 3.95. The second-order valence-corrected chi connectivity index (χ2v) is 4.54. The van der Waals surface area contributed by atoms with E-state index in [0.717, 1.165) is 30.9 Å². The van der Waals surface area contributed by atoms with E-state index in [0.29, 0.717) is 0 Å². The van der Waals surface area contributed by atoms with Crippen molar-refractivity contribution in [1.82, 2.24) is 15.2 Å². The molecular formula is C14H19N3. The molecule has 17 heavy (non-hydrogen) atoms. The minimum atomic E-state index is 0.831. The highest BCUT2D eigenvalue weighted by atomic mass is 15.2. The molecule has 0 aliphatic rings. The standard InChI is InChI=1S/C14H19N3/c1-4-5-13-15-14(17-16-13)9-12-7-6-10(2)11(3)8-12/h6-8H,4-5,9H2,1-3H3,(H,15,16,17). The first-order valence-electron chi connectivity index (χ1n) is 6.15. The Hall–Kier alpha value is -1.64. The fourth-order valence-electron chi connectivity index (χ4n) is 1.86. The number of aromatic amines is 1. The Balaban J connectivity index is 2.11. The van der Waals surface area contributed by atoms with Crippen molar-refractivity contribution in [3.63, 3.8) is 0 Å². The molecule has 1 heterocycles. The lowest BCUT2D eigenvalue weighted by Crippen LogP contribution is -1.93. The summed E-state index contributed by atoms with van der Waals surface area (Å²) in [7, 11) is 0. The molecule has 3 heteroatoms. The summed E-state index contributed by atoms with van der Waals surface area (Å²) in [6.45, 7) is 6.41. The first-order chi connectivity index (χ1) is 8.19. The van der Waals surface area contributed by atoms with Crippen LogP contribution < -0.4 is 0 Å². The lowest BCUT2D eigenvalue weighted by molar-refractivity contribution is 0.841. The quantitative estimate of drug-likeness (QED) is 0.875. The van der Waals surface area contributed by atoms with Gasteiger partial charge in [0.15, 0.2) is 5.82 Å². The lowest BCUT2D eigenvalue weighted by atomic mass is 10.0. The van der Waals surface area contributed by atoms with Crippen LogP contribution in [0.15, 0.2) is 18.2 Å². The topological polar surface area (TPSA) is 41.6 Å². The third-order valence-electron chi connectivity index (χ3n) is 2.99. The van der Waals surface area contributed by atoms with Crippen LogP contribution in [-0.4, -0.2) is 15.2 Å². The SMILES string of the molecule is CCCc1n[nH]c(Cc2ccc(C)c(C)c2)n1. The van der Waals surface area contributed by atoms with Gasteiger partial charge in [0.05, 0.1) is 0 Å². The Morgan fingerprint density at radius 3 is 2.71 bits per heavy atom. The summed E-state index contributed by atoms with van der Waals surface area (Å²) in [4.78, 5) is 4.48. The zero-order valence-corrected chi connectivity index (χ0v) is 10.7. The first-order valence-corrected chi connectivity index (χ1v) is 6.15. The molecule has 2 aromatic rings. The average Bonchev–Trinajstić information content (AvgIpc) is 2.72. The molecule has 0 unspecified atom stereocenters. The van der Waals surface area contributed by atoms with Crippen LogP contribution in [0.4, 0.5) is 0 Å². The van der Waals surface area contributed by atoms with E-state index in [1.165, 1.54) is 16.7 Å². The van der Waals surface area contributed by atoms with Crippen LogP contribution in [0.2, 0.25) is 0 Å². The van der Waals surface area contributed by atoms with Crippen molar-refractivity contribution < 1.29 is 0 Å². The molecule has 2 rings (SSSR count). The fraction of sp³-hybridized carbons (Fsp3) is 0.429. The van der Waals surface area contributed by atoms with E-state index in [9.17, 15) is 0 Å². The molecule has 90 valence electrons. The fourth-order valence-corrected chi connectivity index (χ4v) is 1.86. The molecule has 1 aromatic heterocycles. The molecule has 0 bridgehead atoms. The number of hydrogen-bond donors (Lipinski definition) is 1. The van der Waals surface area contributed by atoms with Gasteiger partial charge >= 0.3 is 0 Å². The molecule has 3 nitrogen and oxygen atoms in total. The molecule has 0 saturated carbocycles. The average molecular weight is 229 g/mol. The second-order valence-electron chi connectivity index (χ2n) is 4.54. The van der Waals surface area contributed by atoms with E-state index >= 15 is 0 Å². The molecule has 0 atom stereocenters. The summed E-state index contributed by atoms with van der Waals surface area (Å²) in [6.07, 6.45) is 2.86. The van der Waals surface area contributed by atoms with Gasteiger partial charge in [-0.1, -0.05) is 25.1 Å². The zero-order valence-electron chi connectivity index (χ0n) is 10.7. The van der Waals surface area contributed by atoms with E-state index in [1.807, 2.05) is 0 Å². The number of nitrogens with zero attached hydrogens (tertiary/aromatic N) is 2. The van der Waals surface area contributed by atoms with E-state index < -0.39 is 0 Å². The lowest BCUT2D eigenvalue weighted by Gasteiger charge is -2.03. The van der Waals surface area contributed by atoms with Gasteiger partial charge in [-0.3, -0.25) is 5.10 Å². The predicted octanol–water partition coefficient (Wildman–Crippen LogP) is 2.96. The van der Waals surface area contributed by atoms with Crippen LogP contribution >= 0.6 is 0 Å². The molecular weight excluding hydrogens is 210 g/mol. The van der Waals surface area contributed by atoms with Crippen LogP contribution in [0.3, 0.4) is 0 Å². The number of nitrogens with one attached hydrogen (secondary N) is 1. The number of aryl methyl sites for hydroxylation is 3. The minimum absolute atomic E-state index is 0.831. The van der Waals surface area contributed by atoms with Crippen LogP contribution in [0.5, 0.6) is 0 Å². The van der Waals surface area contributed by atoms with E-state index in [2.05, 4.69) is 54.2 Å². The molecule has 0 aliphatic carbocycles. The van der Waals surface area contributed by atoms with E-state index in [-0.39, 0.29) is 0 Å². The molecule has 0 radical (unpaired) electrons. The van der Waals surface area contributed by atoms with Gasteiger partial charge in [0.25, 0.3) is 0 Å². The number of aromatic nitrogens is 3. The van der Waals surface area contributed by atoms with Gasteiger partial charge in [-0.2, -0.15) is 5.10 Å². The van der Waals surface area contributed by atoms with Gasteiger partial charge in [-0.15, -0.1) is 0 Å². The van der Waals surface area contributed by atoms with Crippen molar-refractivity contribution in [2.45, 2.75) is 40.0 Å². The molecule has 0 spiro atoms. The highest BCUT2D eigenvalue weighted by Gasteiger charge is 2.04. The zero-order chi connectivity index (χ0) is 12.3. The van der Waals surface area contributed by atoms with Crippen molar-refractivity contribution in [2.24, 2.45) is 0 Å². The van der Waals surface area contributed by atoms with Crippen molar-refractivity contribution in [1.29, 1.82) is 0 Å². The first kappa shape index (κ1) is 11.8. The molecule has 0 amide bonds. The summed E-state index contributed by atoms with van der Waals surface area (Å²) < 4.78 is 0. The van der Waals surface area contributed by atoms with Gasteiger partial charge in [-0.05, 0) is 37.0 Å². The smallest absolute Gasteiger partial charge is 0.150 e. The van der Waals surface area contributed by atoms with Gasteiger partial charge < -0.3 is 0 Å². The van der Waals surface area contributed by atoms with Crippen molar-refractivity contribution in [2.75, 3.05) is 0 Å².